The van der Waals surface area contributed by atoms with Crippen LogP contribution < -0.4 is 10.6 Å². The summed E-state index contributed by atoms with van der Waals surface area (Å²) in [5, 5.41) is 6.58. The molecular formula is C21H17ClF3N7. The number of anilines is 2. The van der Waals surface area contributed by atoms with Gasteiger partial charge in [0.15, 0.2) is 0 Å². The Morgan fingerprint density at radius 1 is 0.906 bits per heavy atom. The van der Waals surface area contributed by atoms with Gasteiger partial charge < -0.3 is 15.6 Å². The second kappa shape index (κ2) is 9.23. The molecule has 0 radical (unpaired) electrons. The van der Waals surface area contributed by atoms with E-state index in [0.717, 1.165) is 17.8 Å². The van der Waals surface area contributed by atoms with Gasteiger partial charge in [-0.05, 0) is 18.2 Å². The summed E-state index contributed by atoms with van der Waals surface area (Å²) in [6, 6.07) is 9.60. The Balaban J connectivity index is 1.45. The molecule has 32 heavy (non-hydrogen) atoms. The van der Waals surface area contributed by atoms with E-state index >= 15 is 0 Å². The first-order chi connectivity index (χ1) is 15.4. The number of benzene rings is 1. The number of H-pyrrole nitrogens is 1. The first kappa shape index (κ1) is 21.6. The van der Waals surface area contributed by atoms with Gasteiger partial charge in [0.25, 0.3) is 0 Å². The third kappa shape index (κ3) is 4.97. The molecule has 0 fully saturated rings. The lowest BCUT2D eigenvalue weighted by atomic mass is 10.1. The molecule has 0 spiro atoms. The molecule has 3 heterocycles. The molecule has 0 aliphatic carbocycles. The maximum Gasteiger partial charge on any atom is 0.417 e. The summed E-state index contributed by atoms with van der Waals surface area (Å²) in [5.74, 6) is 1.32. The van der Waals surface area contributed by atoms with Crippen LogP contribution in [0, 0.1) is 0 Å². The molecule has 1 aromatic carbocycles. The zero-order valence-electron chi connectivity index (χ0n) is 16.5. The number of rotatable bonds is 7. The van der Waals surface area contributed by atoms with Crippen molar-refractivity contribution in [1.82, 2.24) is 24.9 Å². The molecule has 0 saturated heterocycles. The van der Waals surface area contributed by atoms with Crippen molar-refractivity contribution in [3.8, 4) is 22.6 Å². The maximum atomic E-state index is 12.6. The molecule has 0 unspecified atom stereocenters. The van der Waals surface area contributed by atoms with Crippen LogP contribution in [0.2, 0.25) is 5.02 Å². The van der Waals surface area contributed by atoms with Crippen molar-refractivity contribution in [2.45, 2.75) is 6.18 Å². The Morgan fingerprint density at radius 3 is 2.41 bits per heavy atom. The van der Waals surface area contributed by atoms with Gasteiger partial charge in [-0.15, -0.1) is 0 Å². The number of imidazole rings is 1. The minimum atomic E-state index is -4.41. The van der Waals surface area contributed by atoms with Crippen LogP contribution in [0.1, 0.15) is 5.56 Å². The zero-order valence-corrected chi connectivity index (χ0v) is 17.2. The van der Waals surface area contributed by atoms with Gasteiger partial charge in [0.2, 0.25) is 5.95 Å². The second-order valence-corrected chi connectivity index (χ2v) is 7.06. The number of halogens is 4. The van der Waals surface area contributed by atoms with Crippen LogP contribution in [0.4, 0.5) is 24.9 Å². The lowest BCUT2D eigenvalue weighted by Crippen LogP contribution is -2.16. The van der Waals surface area contributed by atoms with E-state index in [2.05, 4.69) is 35.6 Å². The molecular weight excluding hydrogens is 443 g/mol. The van der Waals surface area contributed by atoms with Gasteiger partial charge in [-0.25, -0.2) is 19.9 Å². The van der Waals surface area contributed by atoms with E-state index in [0.29, 0.717) is 47.0 Å². The maximum absolute atomic E-state index is 12.6. The summed E-state index contributed by atoms with van der Waals surface area (Å²) >= 11 is 6.38. The van der Waals surface area contributed by atoms with E-state index in [9.17, 15) is 13.2 Å². The fourth-order valence-electron chi connectivity index (χ4n) is 2.94. The van der Waals surface area contributed by atoms with Crippen LogP contribution in [0.3, 0.4) is 0 Å². The molecule has 7 nitrogen and oxygen atoms in total. The summed E-state index contributed by atoms with van der Waals surface area (Å²) in [6.07, 6.45) is 1.38. The Bertz CT molecular complexity index is 1180. The van der Waals surface area contributed by atoms with Crippen LogP contribution in [-0.2, 0) is 6.18 Å². The third-order valence-corrected chi connectivity index (χ3v) is 4.81. The summed E-state index contributed by atoms with van der Waals surface area (Å²) in [7, 11) is 0. The highest BCUT2D eigenvalue weighted by molar-refractivity contribution is 6.33. The molecule has 164 valence electrons. The molecule has 0 aliphatic heterocycles. The van der Waals surface area contributed by atoms with Crippen molar-refractivity contribution >= 4 is 23.4 Å². The number of hydrogen-bond acceptors (Lipinski definition) is 6. The smallest absolute Gasteiger partial charge is 0.368 e. The van der Waals surface area contributed by atoms with E-state index in [4.69, 9.17) is 11.6 Å². The number of pyridine rings is 1. The highest BCUT2D eigenvalue weighted by Gasteiger charge is 2.30. The van der Waals surface area contributed by atoms with Crippen LogP contribution in [0.25, 0.3) is 22.6 Å². The molecule has 3 N–H and O–H groups in total. The topological polar surface area (TPSA) is 91.4 Å². The zero-order chi connectivity index (χ0) is 22.6. The summed E-state index contributed by atoms with van der Waals surface area (Å²) in [6.45, 7) is 0.799. The molecule has 0 aliphatic rings. The predicted octanol–water partition coefficient (Wildman–Crippen LogP) is 5.12. The number of hydrogen-bond donors (Lipinski definition) is 3. The van der Waals surface area contributed by atoms with Crippen LogP contribution >= 0.6 is 11.6 Å². The number of aromatic amines is 1. The highest BCUT2D eigenvalue weighted by Crippen LogP contribution is 2.33. The fraction of sp³-hybridized carbons (Fsp3) is 0.143. The molecule has 3 aromatic heterocycles. The number of nitrogens with zero attached hydrogens (tertiary/aromatic N) is 4. The highest BCUT2D eigenvalue weighted by atomic mass is 35.5. The van der Waals surface area contributed by atoms with Gasteiger partial charge in [-0.3, -0.25) is 0 Å². The average Bonchev–Trinajstić information content (AvgIpc) is 3.31. The van der Waals surface area contributed by atoms with Crippen LogP contribution in [0.5, 0.6) is 0 Å². The SMILES string of the molecule is FC(F)(F)c1ccc(NCCNc2ncc(-c3ncc[nH]3)c(-c3ccccc3Cl)n2)nc1. The first-order valence-electron chi connectivity index (χ1n) is 9.54. The minimum Gasteiger partial charge on any atom is -0.368 e. The summed E-state index contributed by atoms with van der Waals surface area (Å²) in [4.78, 5) is 20.0. The number of alkyl halides is 3. The quantitative estimate of drug-likeness (QED) is 0.332. The van der Waals surface area contributed by atoms with Gasteiger partial charge in [-0.2, -0.15) is 13.2 Å². The van der Waals surface area contributed by atoms with Crippen molar-refractivity contribution in [3.05, 3.63) is 71.8 Å². The molecule has 0 bridgehead atoms. The summed E-state index contributed by atoms with van der Waals surface area (Å²) < 4.78 is 37.8. The van der Waals surface area contributed by atoms with Crippen molar-refractivity contribution in [3.63, 3.8) is 0 Å². The number of nitrogens with one attached hydrogen (secondary N) is 3. The second-order valence-electron chi connectivity index (χ2n) is 6.66. The van der Waals surface area contributed by atoms with Crippen LogP contribution in [-0.4, -0.2) is 38.0 Å². The first-order valence-corrected chi connectivity index (χ1v) is 9.92. The summed E-state index contributed by atoms with van der Waals surface area (Å²) in [5.41, 5.74) is 1.25. The lowest BCUT2D eigenvalue weighted by Gasteiger charge is -2.12. The molecule has 0 saturated carbocycles. The molecule has 11 heteroatoms. The largest absolute Gasteiger partial charge is 0.417 e. The van der Waals surface area contributed by atoms with Crippen molar-refractivity contribution in [2.24, 2.45) is 0 Å². The normalized spacial score (nSPS) is 11.4. The van der Waals surface area contributed by atoms with Crippen molar-refractivity contribution in [2.75, 3.05) is 23.7 Å². The van der Waals surface area contributed by atoms with Gasteiger partial charge in [0, 0.05) is 48.5 Å². The van der Waals surface area contributed by atoms with E-state index in [1.54, 1.807) is 24.7 Å². The molecule has 0 atom stereocenters. The molecule has 4 rings (SSSR count). The fourth-order valence-corrected chi connectivity index (χ4v) is 3.17. The molecule has 0 amide bonds. The van der Waals surface area contributed by atoms with Crippen molar-refractivity contribution in [1.29, 1.82) is 0 Å². The monoisotopic (exact) mass is 459 g/mol. The van der Waals surface area contributed by atoms with E-state index in [1.165, 1.54) is 6.07 Å². The molecule has 4 aromatic rings. The lowest BCUT2D eigenvalue weighted by molar-refractivity contribution is -0.137. The van der Waals surface area contributed by atoms with E-state index in [-0.39, 0.29) is 0 Å². The Labute approximate surface area is 186 Å². The van der Waals surface area contributed by atoms with Crippen LogP contribution in [0.15, 0.2) is 61.2 Å². The van der Waals surface area contributed by atoms with Gasteiger partial charge >= 0.3 is 6.18 Å². The van der Waals surface area contributed by atoms with Gasteiger partial charge in [0.1, 0.15) is 11.6 Å². The third-order valence-electron chi connectivity index (χ3n) is 4.48. The average molecular weight is 460 g/mol. The van der Waals surface area contributed by atoms with Gasteiger partial charge in [-0.1, -0.05) is 29.8 Å². The minimum absolute atomic E-state index is 0.339. The predicted molar refractivity (Wildman–Crippen MR) is 116 cm³/mol. The van der Waals surface area contributed by atoms with E-state index < -0.39 is 11.7 Å². The number of aromatic nitrogens is 5. The van der Waals surface area contributed by atoms with Crippen molar-refractivity contribution < 1.29 is 13.2 Å². The Kier molecular flexibility index (Phi) is 6.22. The standard InChI is InChI=1S/C21H17ClF3N7/c22-16-4-2-1-3-14(16)18-15(19-27-8-9-28-19)12-31-20(32-18)29-10-7-26-17-6-5-13(11-30-17)21(23,24)25/h1-6,8-9,11-12H,7,10H2,(H,26,30)(H,27,28)(H,29,31,32). The Morgan fingerprint density at radius 2 is 1.72 bits per heavy atom. The van der Waals surface area contributed by atoms with Gasteiger partial charge in [0.05, 0.1) is 16.8 Å². The Hall–Kier alpha value is -3.66. The van der Waals surface area contributed by atoms with E-state index in [1.807, 2.05) is 18.2 Å².